The number of nitrogens with zero attached hydrogens (tertiary/aromatic N) is 1. The van der Waals surface area contributed by atoms with E-state index >= 15 is 0 Å². The minimum atomic E-state index is 0.933. The molecular weight excluding hydrogens is 184 g/mol. The molecule has 1 aromatic carbocycles. The minimum Gasteiger partial charge on any atom is -0.312 e. The lowest BCUT2D eigenvalue weighted by atomic mass is 10.2. The molecule has 0 saturated heterocycles. The van der Waals surface area contributed by atoms with Gasteiger partial charge in [0, 0.05) is 19.6 Å². The fraction of sp³-hybridized carbons (Fsp3) is 0.385. The molecule has 0 aliphatic rings. The third-order valence-electron chi connectivity index (χ3n) is 2.11. The van der Waals surface area contributed by atoms with Gasteiger partial charge in [0.25, 0.3) is 0 Å². The highest BCUT2D eigenvalue weighted by Crippen LogP contribution is 1.99. The zero-order chi connectivity index (χ0) is 10.9. The molecule has 0 spiro atoms. The second kappa shape index (κ2) is 7.21. The molecule has 0 bridgehead atoms. The molecule has 0 radical (unpaired) electrons. The molecule has 1 rings (SSSR count). The summed E-state index contributed by atoms with van der Waals surface area (Å²) in [7, 11) is 4.17. The SMILES string of the molecule is CN(C)CCNC/C=C/c1ccccc1. The molecule has 0 heterocycles. The van der Waals surface area contributed by atoms with E-state index in [1.807, 2.05) is 6.07 Å². The van der Waals surface area contributed by atoms with Gasteiger partial charge in [-0.05, 0) is 19.7 Å². The van der Waals surface area contributed by atoms with Crippen LogP contribution in [0.25, 0.3) is 6.08 Å². The van der Waals surface area contributed by atoms with Crippen molar-refractivity contribution in [2.24, 2.45) is 0 Å². The molecule has 82 valence electrons. The van der Waals surface area contributed by atoms with Crippen molar-refractivity contribution in [2.45, 2.75) is 0 Å². The van der Waals surface area contributed by atoms with Crippen molar-refractivity contribution in [3.05, 3.63) is 42.0 Å². The lowest BCUT2D eigenvalue weighted by molar-refractivity contribution is 0.404. The molecule has 0 aliphatic heterocycles. The van der Waals surface area contributed by atoms with Crippen LogP contribution in [0.15, 0.2) is 36.4 Å². The smallest absolute Gasteiger partial charge is 0.0138 e. The Bertz CT molecular complexity index is 278. The molecule has 2 heteroatoms. The Labute approximate surface area is 92.6 Å². The predicted molar refractivity (Wildman–Crippen MR) is 66.9 cm³/mol. The van der Waals surface area contributed by atoms with E-state index in [1.54, 1.807) is 0 Å². The van der Waals surface area contributed by atoms with Crippen molar-refractivity contribution < 1.29 is 0 Å². The van der Waals surface area contributed by atoms with Gasteiger partial charge in [0.15, 0.2) is 0 Å². The first-order valence-corrected chi connectivity index (χ1v) is 5.36. The van der Waals surface area contributed by atoms with Crippen molar-refractivity contribution >= 4 is 6.08 Å². The van der Waals surface area contributed by atoms with Crippen LogP contribution in [-0.2, 0) is 0 Å². The maximum absolute atomic E-state index is 3.36. The first-order chi connectivity index (χ1) is 7.29. The average Bonchev–Trinajstić information content (AvgIpc) is 2.24. The lowest BCUT2D eigenvalue weighted by Crippen LogP contribution is -2.26. The van der Waals surface area contributed by atoms with E-state index in [-0.39, 0.29) is 0 Å². The van der Waals surface area contributed by atoms with Crippen molar-refractivity contribution in [3.8, 4) is 0 Å². The van der Waals surface area contributed by atoms with Crippen molar-refractivity contribution in [1.82, 2.24) is 10.2 Å². The van der Waals surface area contributed by atoms with E-state index in [0.717, 1.165) is 19.6 Å². The highest BCUT2D eigenvalue weighted by Gasteiger charge is 1.87. The zero-order valence-corrected chi connectivity index (χ0v) is 9.61. The fourth-order valence-electron chi connectivity index (χ4n) is 1.25. The largest absolute Gasteiger partial charge is 0.312 e. The average molecular weight is 204 g/mol. The van der Waals surface area contributed by atoms with E-state index in [9.17, 15) is 0 Å². The van der Waals surface area contributed by atoms with Crippen LogP contribution in [0.1, 0.15) is 5.56 Å². The molecule has 0 unspecified atom stereocenters. The number of benzene rings is 1. The minimum absolute atomic E-state index is 0.933. The molecule has 0 aromatic heterocycles. The van der Waals surface area contributed by atoms with Crippen LogP contribution in [0, 0.1) is 0 Å². The predicted octanol–water partition coefficient (Wildman–Crippen LogP) is 1.85. The zero-order valence-electron chi connectivity index (χ0n) is 9.61. The normalized spacial score (nSPS) is 11.4. The van der Waals surface area contributed by atoms with E-state index in [2.05, 4.69) is 60.7 Å². The number of nitrogens with one attached hydrogen (secondary N) is 1. The Morgan fingerprint density at radius 1 is 1.20 bits per heavy atom. The number of rotatable bonds is 6. The van der Waals surface area contributed by atoms with Gasteiger partial charge in [0.2, 0.25) is 0 Å². The molecule has 2 nitrogen and oxygen atoms in total. The first-order valence-electron chi connectivity index (χ1n) is 5.36. The van der Waals surface area contributed by atoms with Crippen LogP contribution in [0.3, 0.4) is 0 Å². The molecule has 0 amide bonds. The summed E-state index contributed by atoms with van der Waals surface area (Å²) in [4.78, 5) is 2.17. The Kier molecular flexibility index (Phi) is 5.74. The number of hydrogen-bond acceptors (Lipinski definition) is 2. The van der Waals surface area contributed by atoms with Crippen LogP contribution in [0.2, 0.25) is 0 Å². The summed E-state index contributed by atoms with van der Waals surface area (Å²) in [6, 6.07) is 10.4. The van der Waals surface area contributed by atoms with E-state index < -0.39 is 0 Å². The Hall–Kier alpha value is -1.12. The van der Waals surface area contributed by atoms with Gasteiger partial charge in [0.05, 0.1) is 0 Å². The third-order valence-corrected chi connectivity index (χ3v) is 2.11. The van der Waals surface area contributed by atoms with Gasteiger partial charge in [-0.1, -0.05) is 42.5 Å². The summed E-state index contributed by atoms with van der Waals surface area (Å²) < 4.78 is 0. The van der Waals surface area contributed by atoms with Gasteiger partial charge < -0.3 is 10.2 Å². The standard InChI is InChI=1S/C13H20N2/c1-15(2)12-11-14-10-6-9-13-7-4-3-5-8-13/h3-9,14H,10-12H2,1-2H3/b9-6+. The maximum atomic E-state index is 3.36. The molecule has 15 heavy (non-hydrogen) atoms. The lowest BCUT2D eigenvalue weighted by Gasteiger charge is -2.08. The molecule has 0 atom stereocenters. The highest BCUT2D eigenvalue weighted by molar-refractivity contribution is 5.48. The third kappa shape index (κ3) is 6.05. The monoisotopic (exact) mass is 204 g/mol. The van der Waals surface area contributed by atoms with Gasteiger partial charge >= 0.3 is 0 Å². The van der Waals surface area contributed by atoms with Gasteiger partial charge in [-0.3, -0.25) is 0 Å². The highest BCUT2D eigenvalue weighted by atomic mass is 15.1. The maximum Gasteiger partial charge on any atom is 0.0138 e. The van der Waals surface area contributed by atoms with Gasteiger partial charge in [-0.15, -0.1) is 0 Å². The van der Waals surface area contributed by atoms with Crippen molar-refractivity contribution in [2.75, 3.05) is 33.7 Å². The van der Waals surface area contributed by atoms with Crippen molar-refractivity contribution in [3.63, 3.8) is 0 Å². The summed E-state index contributed by atoms with van der Waals surface area (Å²) in [5.74, 6) is 0. The number of hydrogen-bond donors (Lipinski definition) is 1. The fourth-order valence-corrected chi connectivity index (χ4v) is 1.25. The van der Waals surface area contributed by atoms with Gasteiger partial charge in [0.1, 0.15) is 0 Å². The van der Waals surface area contributed by atoms with Gasteiger partial charge in [-0.25, -0.2) is 0 Å². The first kappa shape index (κ1) is 12.0. The van der Waals surface area contributed by atoms with Crippen LogP contribution in [-0.4, -0.2) is 38.6 Å². The second-order valence-corrected chi connectivity index (χ2v) is 3.82. The number of likely N-dealkylation sites (N-methyl/N-ethyl adjacent to an activating group) is 1. The second-order valence-electron chi connectivity index (χ2n) is 3.82. The van der Waals surface area contributed by atoms with E-state index in [4.69, 9.17) is 0 Å². The summed E-state index contributed by atoms with van der Waals surface area (Å²) >= 11 is 0. The van der Waals surface area contributed by atoms with Crippen LogP contribution in [0.5, 0.6) is 0 Å². The quantitative estimate of drug-likeness (QED) is 0.711. The molecular formula is C13H20N2. The molecule has 0 aliphatic carbocycles. The Morgan fingerprint density at radius 3 is 2.60 bits per heavy atom. The Morgan fingerprint density at radius 2 is 1.93 bits per heavy atom. The van der Waals surface area contributed by atoms with Gasteiger partial charge in [-0.2, -0.15) is 0 Å². The van der Waals surface area contributed by atoms with Crippen molar-refractivity contribution in [1.29, 1.82) is 0 Å². The summed E-state index contributed by atoms with van der Waals surface area (Å²) in [5, 5.41) is 3.36. The molecule has 1 aromatic rings. The van der Waals surface area contributed by atoms with Crippen LogP contribution < -0.4 is 5.32 Å². The molecule has 0 saturated carbocycles. The molecule has 0 fully saturated rings. The summed E-state index contributed by atoms with van der Waals surface area (Å²) in [6.07, 6.45) is 4.30. The summed E-state index contributed by atoms with van der Waals surface area (Å²) in [6.45, 7) is 3.05. The van der Waals surface area contributed by atoms with Crippen LogP contribution in [0.4, 0.5) is 0 Å². The van der Waals surface area contributed by atoms with E-state index in [1.165, 1.54) is 5.56 Å². The Balaban J connectivity index is 2.12. The van der Waals surface area contributed by atoms with Crippen LogP contribution >= 0.6 is 0 Å². The molecule has 1 N–H and O–H groups in total. The topological polar surface area (TPSA) is 15.3 Å². The van der Waals surface area contributed by atoms with E-state index in [0.29, 0.717) is 0 Å². The summed E-state index contributed by atoms with van der Waals surface area (Å²) in [5.41, 5.74) is 1.26.